The number of hydrogen-bond acceptors (Lipinski definition) is 3. The maximum absolute atomic E-state index is 12.1. The van der Waals surface area contributed by atoms with Crippen LogP contribution < -0.4 is 5.32 Å². The van der Waals surface area contributed by atoms with Gasteiger partial charge in [0.1, 0.15) is 0 Å². The second-order valence-electron chi connectivity index (χ2n) is 6.10. The summed E-state index contributed by atoms with van der Waals surface area (Å²) in [5.74, 6) is -0.575. The van der Waals surface area contributed by atoms with Crippen molar-refractivity contribution in [3.8, 4) is 0 Å². The lowest BCUT2D eigenvalue weighted by atomic mass is 10.0. The van der Waals surface area contributed by atoms with Crippen molar-refractivity contribution in [1.82, 2.24) is 15.1 Å². The van der Waals surface area contributed by atoms with Gasteiger partial charge in [-0.05, 0) is 32.6 Å². The first-order valence-electron chi connectivity index (χ1n) is 7.48. The van der Waals surface area contributed by atoms with Crippen LogP contribution in [0.1, 0.15) is 26.7 Å². The lowest BCUT2D eigenvalue weighted by molar-refractivity contribution is -0.141. The van der Waals surface area contributed by atoms with E-state index in [9.17, 15) is 9.59 Å². The first-order valence-corrected chi connectivity index (χ1v) is 7.48. The van der Waals surface area contributed by atoms with E-state index in [1.807, 2.05) is 0 Å². The van der Waals surface area contributed by atoms with E-state index in [4.69, 9.17) is 5.11 Å². The van der Waals surface area contributed by atoms with Crippen molar-refractivity contribution >= 4 is 12.0 Å². The second kappa shape index (κ2) is 6.43. The first-order chi connectivity index (χ1) is 9.47. The highest BCUT2D eigenvalue weighted by atomic mass is 16.4. The summed E-state index contributed by atoms with van der Waals surface area (Å²) >= 11 is 0. The molecule has 2 unspecified atom stereocenters. The third-order valence-corrected chi connectivity index (χ3v) is 4.36. The standard InChI is InChI=1S/C14H25N3O3/c1-10(13(18)19)11(2)15-14(20)17-7-5-16(6-8-17)9-12-3-4-12/h10-12H,3-9H2,1-2H3,(H,15,20)(H,18,19). The highest BCUT2D eigenvalue weighted by Gasteiger charge is 2.28. The van der Waals surface area contributed by atoms with Crippen LogP contribution in [0.2, 0.25) is 0 Å². The number of carbonyl (C=O) groups excluding carboxylic acids is 1. The predicted molar refractivity (Wildman–Crippen MR) is 75.5 cm³/mol. The molecule has 2 rings (SSSR count). The molecule has 6 heteroatoms. The Hall–Kier alpha value is -1.30. The second-order valence-corrected chi connectivity index (χ2v) is 6.10. The average Bonchev–Trinajstić information content (AvgIpc) is 3.22. The summed E-state index contributed by atoms with van der Waals surface area (Å²) in [6, 6.07) is -0.499. The van der Waals surface area contributed by atoms with Crippen LogP contribution in [0.5, 0.6) is 0 Å². The maximum Gasteiger partial charge on any atom is 0.317 e. The number of amides is 2. The Morgan fingerprint density at radius 1 is 1.20 bits per heavy atom. The highest BCUT2D eigenvalue weighted by Crippen LogP contribution is 2.29. The number of carboxylic acids is 1. The molecular formula is C14H25N3O3. The van der Waals surface area contributed by atoms with E-state index in [2.05, 4.69) is 10.2 Å². The molecule has 2 aliphatic rings. The summed E-state index contributed by atoms with van der Waals surface area (Å²) in [4.78, 5) is 27.2. The summed E-state index contributed by atoms with van der Waals surface area (Å²) in [5.41, 5.74) is 0. The van der Waals surface area contributed by atoms with E-state index in [-0.39, 0.29) is 12.1 Å². The highest BCUT2D eigenvalue weighted by molar-refractivity contribution is 5.76. The van der Waals surface area contributed by atoms with Gasteiger partial charge >= 0.3 is 12.0 Å². The summed E-state index contributed by atoms with van der Waals surface area (Å²) in [5, 5.41) is 11.7. The van der Waals surface area contributed by atoms with Crippen molar-refractivity contribution in [3.63, 3.8) is 0 Å². The molecule has 2 atom stereocenters. The normalized spacial score (nSPS) is 23.2. The number of nitrogens with zero attached hydrogens (tertiary/aromatic N) is 2. The smallest absolute Gasteiger partial charge is 0.317 e. The maximum atomic E-state index is 12.1. The van der Waals surface area contributed by atoms with Crippen LogP contribution in [0.25, 0.3) is 0 Å². The molecule has 1 saturated heterocycles. The lowest BCUT2D eigenvalue weighted by Crippen LogP contribution is -2.54. The van der Waals surface area contributed by atoms with Crippen molar-refractivity contribution < 1.29 is 14.7 Å². The van der Waals surface area contributed by atoms with Crippen LogP contribution in [-0.4, -0.2) is 65.7 Å². The van der Waals surface area contributed by atoms with Gasteiger partial charge in [-0.3, -0.25) is 9.69 Å². The van der Waals surface area contributed by atoms with Crippen LogP contribution in [0.15, 0.2) is 0 Å². The fraction of sp³-hybridized carbons (Fsp3) is 0.857. The molecule has 114 valence electrons. The van der Waals surface area contributed by atoms with Gasteiger partial charge < -0.3 is 15.3 Å². The molecule has 0 radical (unpaired) electrons. The minimum Gasteiger partial charge on any atom is -0.481 e. The zero-order valence-electron chi connectivity index (χ0n) is 12.3. The molecule has 0 aromatic heterocycles. The Morgan fingerprint density at radius 3 is 2.30 bits per heavy atom. The van der Waals surface area contributed by atoms with Crippen molar-refractivity contribution in [3.05, 3.63) is 0 Å². The third-order valence-electron chi connectivity index (χ3n) is 4.36. The number of carbonyl (C=O) groups is 2. The predicted octanol–water partition coefficient (Wildman–Crippen LogP) is 0.833. The molecule has 1 heterocycles. The fourth-order valence-corrected chi connectivity index (χ4v) is 2.42. The largest absolute Gasteiger partial charge is 0.481 e. The molecule has 0 aromatic carbocycles. The van der Waals surface area contributed by atoms with Gasteiger partial charge in [-0.15, -0.1) is 0 Å². The van der Waals surface area contributed by atoms with Gasteiger partial charge in [-0.2, -0.15) is 0 Å². The molecule has 1 aliphatic heterocycles. The minimum absolute atomic E-state index is 0.142. The molecule has 1 saturated carbocycles. The van der Waals surface area contributed by atoms with Gasteiger partial charge in [-0.25, -0.2) is 4.79 Å². The molecular weight excluding hydrogens is 258 g/mol. The molecule has 20 heavy (non-hydrogen) atoms. The number of urea groups is 1. The Labute approximate surface area is 120 Å². The number of nitrogens with one attached hydrogen (secondary N) is 1. The van der Waals surface area contributed by atoms with Crippen LogP contribution in [0, 0.1) is 11.8 Å². The molecule has 2 amide bonds. The summed E-state index contributed by atoms with van der Waals surface area (Å²) in [7, 11) is 0. The van der Waals surface area contributed by atoms with Gasteiger partial charge in [0.05, 0.1) is 5.92 Å². The monoisotopic (exact) mass is 283 g/mol. The average molecular weight is 283 g/mol. The molecule has 6 nitrogen and oxygen atoms in total. The van der Waals surface area contributed by atoms with E-state index in [1.165, 1.54) is 19.4 Å². The lowest BCUT2D eigenvalue weighted by Gasteiger charge is -2.35. The summed E-state index contributed by atoms with van der Waals surface area (Å²) < 4.78 is 0. The quantitative estimate of drug-likeness (QED) is 0.784. The van der Waals surface area contributed by atoms with E-state index in [1.54, 1.807) is 18.7 Å². The van der Waals surface area contributed by atoms with Gasteiger partial charge in [0.15, 0.2) is 0 Å². The summed E-state index contributed by atoms with van der Waals surface area (Å²) in [6.07, 6.45) is 2.70. The van der Waals surface area contributed by atoms with Crippen molar-refractivity contribution in [2.24, 2.45) is 11.8 Å². The minimum atomic E-state index is -0.882. The Kier molecular flexibility index (Phi) is 4.86. The van der Waals surface area contributed by atoms with Crippen LogP contribution in [0.3, 0.4) is 0 Å². The van der Waals surface area contributed by atoms with E-state index in [0.29, 0.717) is 0 Å². The zero-order valence-corrected chi connectivity index (χ0v) is 12.3. The van der Waals surface area contributed by atoms with Crippen molar-refractivity contribution in [2.75, 3.05) is 32.7 Å². The van der Waals surface area contributed by atoms with Gasteiger partial charge in [0, 0.05) is 38.8 Å². The molecule has 2 fully saturated rings. The molecule has 0 spiro atoms. The Balaban J connectivity index is 1.72. The SMILES string of the molecule is CC(NC(=O)N1CCN(CC2CC2)CC1)C(C)C(=O)O. The van der Waals surface area contributed by atoms with Crippen molar-refractivity contribution in [1.29, 1.82) is 0 Å². The number of hydrogen-bond donors (Lipinski definition) is 2. The third kappa shape index (κ3) is 4.10. The van der Waals surface area contributed by atoms with E-state index in [0.717, 1.165) is 32.1 Å². The number of carboxylic acid groups (broad SMARTS) is 1. The molecule has 2 N–H and O–H groups in total. The molecule has 0 aromatic rings. The van der Waals surface area contributed by atoms with Crippen LogP contribution in [0.4, 0.5) is 4.79 Å². The number of aliphatic carboxylic acids is 1. The summed E-state index contributed by atoms with van der Waals surface area (Å²) in [6.45, 7) is 7.82. The first kappa shape index (κ1) is 15.1. The van der Waals surface area contributed by atoms with Gasteiger partial charge in [0.2, 0.25) is 0 Å². The number of rotatable bonds is 5. The number of piperazine rings is 1. The molecule has 0 bridgehead atoms. The zero-order chi connectivity index (χ0) is 14.7. The van der Waals surface area contributed by atoms with Gasteiger partial charge in [-0.1, -0.05) is 0 Å². The van der Waals surface area contributed by atoms with Crippen molar-refractivity contribution in [2.45, 2.75) is 32.7 Å². The molecule has 1 aliphatic carbocycles. The van der Waals surface area contributed by atoms with Crippen LogP contribution in [-0.2, 0) is 4.79 Å². The van der Waals surface area contributed by atoms with Crippen LogP contribution >= 0.6 is 0 Å². The van der Waals surface area contributed by atoms with Gasteiger partial charge in [0.25, 0.3) is 0 Å². The fourth-order valence-electron chi connectivity index (χ4n) is 2.42. The van der Waals surface area contributed by atoms with E-state index < -0.39 is 11.9 Å². The Bertz CT molecular complexity index is 363. The Morgan fingerprint density at radius 2 is 1.80 bits per heavy atom. The topological polar surface area (TPSA) is 72.9 Å². The van der Waals surface area contributed by atoms with E-state index >= 15 is 0 Å².